The number of ether oxygens (including phenoxy) is 1. The molecule has 2 aromatic carbocycles. The Balaban J connectivity index is 1.94. The van der Waals surface area contributed by atoms with Gasteiger partial charge in [-0.2, -0.15) is 0 Å². The van der Waals surface area contributed by atoms with Crippen molar-refractivity contribution in [1.29, 1.82) is 0 Å². The number of aryl methyl sites for hydroxylation is 2. The molecule has 0 aliphatic carbocycles. The second kappa shape index (κ2) is 8.23. The van der Waals surface area contributed by atoms with Crippen molar-refractivity contribution >= 4 is 11.8 Å². The molecular weight excluding hydrogens is 278 g/mol. The Morgan fingerprint density at radius 2 is 1.81 bits per heavy atom. The topological polar surface area (TPSA) is 21.3 Å². The van der Waals surface area contributed by atoms with Crippen LogP contribution in [-0.2, 0) is 11.3 Å². The molecule has 0 radical (unpaired) electrons. The summed E-state index contributed by atoms with van der Waals surface area (Å²) in [5.74, 6) is 0. The summed E-state index contributed by atoms with van der Waals surface area (Å²) in [7, 11) is 1.72. The first-order valence-electron chi connectivity index (χ1n) is 7.23. The predicted octanol–water partition coefficient (Wildman–Crippen LogP) is 4.19. The molecular formula is C18H23NOS. The number of methoxy groups -OCH3 is 1. The number of hydrogen-bond acceptors (Lipinski definition) is 3. The van der Waals surface area contributed by atoms with Crippen LogP contribution in [0.25, 0.3) is 0 Å². The Bertz CT molecular complexity index is 566. The zero-order valence-electron chi connectivity index (χ0n) is 13.0. The van der Waals surface area contributed by atoms with E-state index >= 15 is 0 Å². The second-order valence-electron chi connectivity index (χ2n) is 5.18. The van der Waals surface area contributed by atoms with Gasteiger partial charge in [0.15, 0.2) is 0 Å². The van der Waals surface area contributed by atoms with Gasteiger partial charge in [0, 0.05) is 30.0 Å². The molecule has 0 saturated carbocycles. The van der Waals surface area contributed by atoms with E-state index in [1.54, 1.807) is 7.11 Å². The molecule has 0 aliphatic heterocycles. The van der Waals surface area contributed by atoms with Crippen molar-refractivity contribution in [2.24, 2.45) is 0 Å². The SMILES string of the molecule is COCCNCc1ccc(Sc2cc(C)ccc2C)cc1. The third-order valence-electron chi connectivity index (χ3n) is 3.31. The van der Waals surface area contributed by atoms with Crippen LogP contribution in [0.5, 0.6) is 0 Å². The lowest BCUT2D eigenvalue weighted by Crippen LogP contribution is -2.18. The standard InChI is InChI=1S/C18H23NOS/c1-14-4-5-15(2)18(12-14)21-17-8-6-16(7-9-17)13-19-10-11-20-3/h4-9,12,19H,10-11,13H2,1-3H3. The van der Waals surface area contributed by atoms with Gasteiger partial charge in [-0.1, -0.05) is 36.0 Å². The van der Waals surface area contributed by atoms with Crippen LogP contribution < -0.4 is 5.32 Å². The molecule has 0 fully saturated rings. The molecule has 3 heteroatoms. The largest absolute Gasteiger partial charge is 0.383 e. The lowest BCUT2D eigenvalue weighted by Gasteiger charge is -2.08. The van der Waals surface area contributed by atoms with Gasteiger partial charge in [0.25, 0.3) is 0 Å². The monoisotopic (exact) mass is 301 g/mol. The van der Waals surface area contributed by atoms with Crippen LogP contribution in [0.4, 0.5) is 0 Å². The van der Waals surface area contributed by atoms with Gasteiger partial charge >= 0.3 is 0 Å². The fourth-order valence-electron chi connectivity index (χ4n) is 2.03. The van der Waals surface area contributed by atoms with Crippen LogP contribution in [-0.4, -0.2) is 20.3 Å². The van der Waals surface area contributed by atoms with Crippen molar-refractivity contribution in [1.82, 2.24) is 5.32 Å². The highest BCUT2D eigenvalue weighted by molar-refractivity contribution is 7.99. The molecule has 2 nitrogen and oxygen atoms in total. The smallest absolute Gasteiger partial charge is 0.0587 e. The summed E-state index contributed by atoms with van der Waals surface area (Å²) in [6.45, 7) is 6.82. The van der Waals surface area contributed by atoms with E-state index in [1.807, 2.05) is 11.8 Å². The second-order valence-corrected chi connectivity index (χ2v) is 6.30. The lowest BCUT2D eigenvalue weighted by atomic mass is 10.2. The van der Waals surface area contributed by atoms with Gasteiger partial charge in [-0.15, -0.1) is 0 Å². The predicted molar refractivity (Wildman–Crippen MR) is 90.1 cm³/mol. The maximum absolute atomic E-state index is 5.02. The molecule has 0 aromatic heterocycles. The summed E-state index contributed by atoms with van der Waals surface area (Å²) in [6, 6.07) is 15.4. The first kappa shape index (κ1) is 16.1. The molecule has 21 heavy (non-hydrogen) atoms. The average Bonchev–Trinajstić information content (AvgIpc) is 2.49. The van der Waals surface area contributed by atoms with E-state index < -0.39 is 0 Å². The van der Waals surface area contributed by atoms with E-state index in [2.05, 4.69) is 61.6 Å². The van der Waals surface area contributed by atoms with Crippen LogP contribution in [0.3, 0.4) is 0 Å². The zero-order chi connectivity index (χ0) is 15.1. The minimum Gasteiger partial charge on any atom is -0.383 e. The number of nitrogens with one attached hydrogen (secondary N) is 1. The quantitative estimate of drug-likeness (QED) is 0.775. The van der Waals surface area contributed by atoms with Gasteiger partial charge in [0.2, 0.25) is 0 Å². The van der Waals surface area contributed by atoms with E-state index in [0.29, 0.717) is 0 Å². The summed E-state index contributed by atoms with van der Waals surface area (Å²) in [4.78, 5) is 2.62. The highest BCUT2D eigenvalue weighted by Crippen LogP contribution is 2.31. The molecule has 112 valence electrons. The fraction of sp³-hybridized carbons (Fsp3) is 0.333. The Labute approximate surface area is 131 Å². The van der Waals surface area contributed by atoms with Crippen LogP contribution in [0, 0.1) is 13.8 Å². The van der Waals surface area contributed by atoms with Crippen LogP contribution in [0.15, 0.2) is 52.3 Å². The Kier molecular flexibility index (Phi) is 6.30. The van der Waals surface area contributed by atoms with Crippen molar-refractivity contribution in [2.75, 3.05) is 20.3 Å². The van der Waals surface area contributed by atoms with Crippen molar-refractivity contribution < 1.29 is 4.74 Å². The first-order valence-corrected chi connectivity index (χ1v) is 8.04. The van der Waals surface area contributed by atoms with E-state index in [0.717, 1.165) is 19.7 Å². The van der Waals surface area contributed by atoms with Crippen molar-refractivity contribution in [3.05, 3.63) is 59.2 Å². The molecule has 2 aromatic rings. The highest BCUT2D eigenvalue weighted by Gasteiger charge is 2.02. The number of hydrogen-bond donors (Lipinski definition) is 1. The van der Waals surface area contributed by atoms with Crippen molar-refractivity contribution in [3.8, 4) is 0 Å². The molecule has 0 heterocycles. The molecule has 2 rings (SSSR count). The molecule has 0 bridgehead atoms. The van der Waals surface area contributed by atoms with Gasteiger partial charge in [-0.05, 0) is 48.7 Å². The molecule has 0 unspecified atom stereocenters. The summed E-state index contributed by atoms with van der Waals surface area (Å²) < 4.78 is 5.02. The Hall–Kier alpha value is -1.29. The Morgan fingerprint density at radius 1 is 1.05 bits per heavy atom. The van der Waals surface area contributed by atoms with Crippen LogP contribution in [0.2, 0.25) is 0 Å². The van der Waals surface area contributed by atoms with E-state index in [1.165, 1.54) is 26.5 Å². The van der Waals surface area contributed by atoms with Gasteiger partial charge < -0.3 is 10.1 Å². The maximum Gasteiger partial charge on any atom is 0.0587 e. The third kappa shape index (κ3) is 5.20. The maximum atomic E-state index is 5.02. The molecule has 0 saturated heterocycles. The number of rotatable bonds is 7. The minimum absolute atomic E-state index is 0.751. The highest BCUT2D eigenvalue weighted by atomic mass is 32.2. The number of benzene rings is 2. The summed E-state index contributed by atoms with van der Waals surface area (Å²) in [6.07, 6.45) is 0. The van der Waals surface area contributed by atoms with Gasteiger partial charge in [-0.3, -0.25) is 0 Å². The van der Waals surface area contributed by atoms with Gasteiger partial charge in [-0.25, -0.2) is 0 Å². The normalized spacial score (nSPS) is 10.8. The third-order valence-corrected chi connectivity index (χ3v) is 4.47. The Morgan fingerprint density at radius 3 is 2.52 bits per heavy atom. The zero-order valence-corrected chi connectivity index (χ0v) is 13.8. The summed E-state index contributed by atoms with van der Waals surface area (Å²) in [5, 5.41) is 3.36. The molecule has 0 atom stereocenters. The van der Waals surface area contributed by atoms with Crippen molar-refractivity contribution in [3.63, 3.8) is 0 Å². The van der Waals surface area contributed by atoms with E-state index in [9.17, 15) is 0 Å². The summed E-state index contributed by atoms with van der Waals surface area (Å²) >= 11 is 1.83. The van der Waals surface area contributed by atoms with Crippen LogP contribution in [0.1, 0.15) is 16.7 Å². The molecule has 1 N–H and O–H groups in total. The lowest BCUT2D eigenvalue weighted by molar-refractivity contribution is 0.199. The molecule has 0 aliphatic rings. The van der Waals surface area contributed by atoms with Gasteiger partial charge in [0.1, 0.15) is 0 Å². The fourth-order valence-corrected chi connectivity index (χ4v) is 3.03. The van der Waals surface area contributed by atoms with E-state index in [-0.39, 0.29) is 0 Å². The molecule has 0 amide bonds. The van der Waals surface area contributed by atoms with Crippen LogP contribution >= 0.6 is 11.8 Å². The minimum atomic E-state index is 0.751. The average molecular weight is 301 g/mol. The first-order chi connectivity index (χ1) is 10.2. The summed E-state index contributed by atoms with van der Waals surface area (Å²) in [5.41, 5.74) is 3.94. The van der Waals surface area contributed by atoms with Crippen molar-refractivity contribution in [2.45, 2.75) is 30.2 Å². The molecule has 0 spiro atoms. The van der Waals surface area contributed by atoms with E-state index in [4.69, 9.17) is 4.74 Å². The van der Waals surface area contributed by atoms with Gasteiger partial charge in [0.05, 0.1) is 6.61 Å².